The average molecular weight is 242 g/mol. The van der Waals surface area contributed by atoms with E-state index in [9.17, 15) is 4.39 Å². The van der Waals surface area contributed by atoms with Crippen LogP contribution in [0.15, 0.2) is 36.7 Å². The summed E-state index contributed by atoms with van der Waals surface area (Å²) in [6, 6.07) is 6.65. The van der Waals surface area contributed by atoms with Crippen molar-refractivity contribution >= 4 is 17.0 Å². The Morgan fingerprint density at radius 3 is 2.94 bits per heavy atom. The van der Waals surface area contributed by atoms with Crippen molar-refractivity contribution in [3.8, 4) is 5.69 Å². The number of rotatable bonds is 1. The van der Waals surface area contributed by atoms with E-state index in [1.807, 2.05) is 6.92 Å². The number of nitrogens with two attached hydrogens (primary N) is 1. The molecule has 2 heterocycles. The molecular formula is C13H11FN4. The van der Waals surface area contributed by atoms with Crippen molar-refractivity contribution < 1.29 is 4.39 Å². The van der Waals surface area contributed by atoms with Gasteiger partial charge in [0.15, 0.2) is 0 Å². The van der Waals surface area contributed by atoms with Gasteiger partial charge in [0.25, 0.3) is 0 Å². The predicted molar refractivity (Wildman–Crippen MR) is 68.0 cm³/mol. The van der Waals surface area contributed by atoms with Crippen LogP contribution in [0.4, 0.5) is 10.3 Å². The van der Waals surface area contributed by atoms with Crippen LogP contribution in [0.1, 0.15) is 5.56 Å². The summed E-state index contributed by atoms with van der Waals surface area (Å²) in [5.74, 6) is -0.0779. The number of nitrogens with zero attached hydrogens (tertiary/aromatic N) is 3. The van der Waals surface area contributed by atoms with E-state index in [1.54, 1.807) is 35.2 Å². The van der Waals surface area contributed by atoms with Gasteiger partial charge in [0, 0.05) is 6.20 Å². The molecule has 18 heavy (non-hydrogen) atoms. The van der Waals surface area contributed by atoms with Crippen LogP contribution in [0.5, 0.6) is 0 Å². The van der Waals surface area contributed by atoms with Gasteiger partial charge in [0.2, 0.25) is 5.95 Å². The largest absolute Gasteiger partial charge is 0.369 e. The summed E-state index contributed by atoms with van der Waals surface area (Å²) in [7, 11) is 0. The third-order valence-electron chi connectivity index (χ3n) is 2.83. The number of aromatic nitrogens is 3. The zero-order valence-corrected chi connectivity index (χ0v) is 9.76. The molecule has 3 aromatic rings. The van der Waals surface area contributed by atoms with Crippen LogP contribution in [0.25, 0.3) is 16.7 Å². The van der Waals surface area contributed by atoms with Crippen molar-refractivity contribution in [3.63, 3.8) is 0 Å². The summed E-state index contributed by atoms with van der Waals surface area (Å²) >= 11 is 0. The molecular weight excluding hydrogens is 231 g/mol. The van der Waals surface area contributed by atoms with E-state index in [0.29, 0.717) is 11.2 Å². The first-order valence-corrected chi connectivity index (χ1v) is 5.51. The Bertz CT molecular complexity index is 733. The monoisotopic (exact) mass is 242 g/mol. The molecule has 0 aliphatic heterocycles. The molecule has 0 spiro atoms. The number of aryl methyl sites for hydroxylation is 1. The number of anilines is 1. The molecule has 3 rings (SSSR count). The summed E-state index contributed by atoms with van der Waals surface area (Å²) in [5, 5.41) is 0. The number of benzene rings is 1. The van der Waals surface area contributed by atoms with Gasteiger partial charge in [-0.3, -0.25) is 9.55 Å². The lowest BCUT2D eigenvalue weighted by Gasteiger charge is -2.08. The third-order valence-corrected chi connectivity index (χ3v) is 2.83. The van der Waals surface area contributed by atoms with E-state index in [-0.39, 0.29) is 11.8 Å². The normalized spacial score (nSPS) is 11.0. The van der Waals surface area contributed by atoms with E-state index in [0.717, 1.165) is 11.1 Å². The Morgan fingerprint density at radius 2 is 2.11 bits per heavy atom. The highest BCUT2D eigenvalue weighted by atomic mass is 19.1. The first-order chi connectivity index (χ1) is 8.66. The molecule has 0 aliphatic rings. The third kappa shape index (κ3) is 1.52. The summed E-state index contributed by atoms with van der Waals surface area (Å²) in [4.78, 5) is 8.15. The molecule has 5 heteroatoms. The second kappa shape index (κ2) is 3.80. The first kappa shape index (κ1) is 10.7. The smallest absolute Gasteiger partial charge is 0.206 e. The molecule has 2 aromatic heterocycles. The molecule has 4 nitrogen and oxygen atoms in total. The second-order valence-electron chi connectivity index (χ2n) is 4.12. The maximum Gasteiger partial charge on any atom is 0.206 e. The standard InChI is InChI=1S/C13H11FN4/c1-8-2-3-9(14)12(6-8)18-11-4-5-16-7-10(11)17-13(18)15/h2-7H,1H3,(H2,15,17). The Balaban J connectivity index is 2.37. The Kier molecular flexibility index (Phi) is 2.26. The van der Waals surface area contributed by atoms with Gasteiger partial charge in [0.1, 0.15) is 11.3 Å². The molecule has 0 saturated heterocycles. The van der Waals surface area contributed by atoms with Crippen LogP contribution in [0.3, 0.4) is 0 Å². The van der Waals surface area contributed by atoms with Gasteiger partial charge >= 0.3 is 0 Å². The molecule has 1 aromatic carbocycles. The number of fused-ring (bicyclic) bond motifs is 1. The van der Waals surface area contributed by atoms with E-state index in [2.05, 4.69) is 9.97 Å². The van der Waals surface area contributed by atoms with Gasteiger partial charge in [-0.25, -0.2) is 9.37 Å². The van der Waals surface area contributed by atoms with Crippen molar-refractivity contribution in [2.45, 2.75) is 6.92 Å². The molecule has 90 valence electrons. The zero-order valence-electron chi connectivity index (χ0n) is 9.76. The van der Waals surface area contributed by atoms with Gasteiger partial charge < -0.3 is 5.73 Å². The van der Waals surface area contributed by atoms with E-state index in [1.165, 1.54) is 6.07 Å². The molecule has 0 saturated carbocycles. The topological polar surface area (TPSA) is 56.7 Å². The number of nitrogen functional groups attached to an aromatic ring is 1. The van der Waals surface area contributed by atoms with Crippen LogP contribution in [-0.2, 0) is 0 Å². The van der Waals surface area contributed by atoms with Gasteiger partial charge in [-0.2, -0.15) is 0 Å². The second-order valence-corrected chi connectivity index (χ2v) is 4.12. The Morgan fingerprint density at radius 1 is 1.28 bits per heavy atom. The van der Waals surface area contributed by atoms with Gasteiger partial charge in [-0.1, -0.05) is 6.07 Å². The molecule has 0 bridgehead atoms. The minimum Gasteiger partial charge on any atom is -0.369 e. The van der Waals surface area contributed by atoms with Crippen molar-refractivity contribution in [3.05, 3.63) is 48.0 Å². The van der Waals surface area contributed by atoms with Crippen molar-refractivity contribution in [2.75, 3.05) is 5.73 Å². The van der Waals surface area contributed by atoms with Gasteiger partial charge in [-0.05, 0) is 30.7 Å². The van der Waals surface area contributed by atoms with Crippen molar-refractivity contribution in [1.29, 1.82) is 0 Å². The summed E-state index contributed by atoms with van der Waals surface area (Å²) in [6.07, 6.45) is 3.24. The highest BCUT2D eigenvalue weighted by Crippen LogP contribution is 2.24. The van der Waals surface area contributed by atoms with Gasteiger partial charge in [-0.15, -0.1) is 0 Å². The maximum atomic E-state index is 13.9. The quantitative estimate of drug-likeness (QED) is 0.713. The molecule has 0 aliphatic carbocycles. The number of hydrogen-bond donors (Lipinski definition) is 1. The lowest BCUT2D eigenvalue weighted by Crippen LogP contribution is -2.03. The number of hydrogen-bond acceptors (Lipinski definition) is 3. The lowest BCUT2D eigenvalue weighted by atomic mass is 10.2. The maximum absolute atomic E-state index is 13.9. The number of imidazole rings is 1. The molecule has 0 unspecified atom stereocenters. The van der Waals surface area contributed by atoms with Crippen LogP contribution in [0.2, 0.25) is 0 Å². The Labute approximate surface area is 103 Å². The SMILES string of the molecule is Cc1ccc(F)c(-n2c(N)nc3cnccc32)c1. The van der Waals surface area contributed by atoms with Crippen LogP contribution < -0.4 is 5.73 Å². The predicted octanol–water partition coefficient (Wildman–Crippen LogP) is 2.45. The highest BCUT2D eigenvalue weighted by molar-refractivity contribution is 5.79. The van der Waals surface area contributed by atoms with Crippen molar-refractivity contribution in [1.82, 2.24) is 14.5 Å². The van der Waals surface area contributed by atoms with Crippen molar-refractivity contribution in [2.24, 2.45) is 0 Å². The number of halogens is 1. The van der Waals surface area contributed by atoms with E-state index >= 15 is 0 Å². The first-order valence-electron chi connectivity index (χ1n) is 5.51. The van der Waals surface area contributed by atoms with Crippen LogP contribution in [0, 0.1) is 12.7 Å². The molecule has 0 fully saturated rings. The molecule has 0 radical (unpaired) electrons. The van der Waals surface area contributed by atoms with E-state index in [4.69, 9.17) is 5.73 Å². The summed E-state index contributed by atoms with van der Waals surface area (Å²) < 4.78 is 15.5. The minimum absolute atomic E-state index is 0.252. The van der Waals surface area contributed by atoms with Gasteiger partial charge in [0.05, 0.1) is 17.4 Å². The van der Waals surface area contributed by atoms with E-state index < -0.39 is 0 Å². The fraction of sp³-hybridized carbons (Fsp3) is 0.0769. The molecule has 0 atom stereocenters. The fourth-order valence-corrected chi connectivity index (χ4v) is 2.00. The number of pyridine rings is 1. The minimum atomic E-state index is -0.330. The fourth-order valence-electron chi connectivity index (χ4n) is 2.00. The highest BCUT2D eigenvalue weighted by Gasteiger charge is 2.13. The summed E-state index contributed by atoms with van der Waals surface area (Å²) in [5.41, 5.74) is 8.62. The van der Waals surface area contributed by atoms with Crippen LogP contribution in [-0.4, -0.2) is 14.5 Å². The Hall–Kier alpha value is -2.43. The van der Waals surface area contributed by atoms with Crippen LogP contribution >= 0.6 is 0 Å². The summed E-state index contributed by atoms with van der Waals surface area (Å²) in [6.45, 7) is 1.90. The molecule has 2 N–H and O–H groups in total. The average Bonchev–Trinajstić information content (AvgIpc) is 2.68. The molecule has 0 amide bonds. The zero-order chi connectivity index (χ0) is 12.7. The lowest BCUT2D eigenvalue weighted by molar-refractivity contribution is 0.619.